The molecule has 0 bridgehead atoms. The van der Waals surface area contributed by atoms with Crippen LogP contribution in [-0.4, -0.2) is 42.8 Å². The lowest BCUT2D eigenvalue weighted by Crippen LogP contribution is -2.46. The Morgan fingerprint density at radius 3 is 3.11 bits per heavy atom. The molecule has 0 radical (unpaired) electrons. The van der Waals surface area contributed by atoms with Gasteiger partial charge in [-0.15, -0.1) is 0 Å². The van der Waals surface area contributed by atoms with Crippen molar-refractivity contribution in [3.05, 3.63) is 23.8 Å². The number of carboxylic acids is 1. The van der Waals surface area contributed by atoms with Crippen molar-refractivity contribution in [2.45, 2.75) is 12.5 Å². The van der Waals surface area contributed by atoms with E-state index < -0.39 is 5.97 Å². The second-order valence-electron chi connectivity index (χ2n) is 4.68. The fourth-order valence-electron chi connectivity index (χ4n) is 2.66. The highest BCUT2D eigenvalue weighted by Crippen LogP contribution is 2.35. The normalized spacial score (nSPS) is 22.0. The average Bonchev–Trinajstić information content (AvgIpc) is 2.53. The van der Waals surface area contributed by atoms with Gasteiger partial charge in [0.15, 0.2) is 0 Å². The molecule has 1 saturated heterocycles. The van der Waals surface area contributed by atoms with Crippen LogP contribution in [0.3, 0.4) is 0 Å². The van der Waals surface area contributed by atoms with Gasteiger partial charge in [-0.25, -0.2) is 4.79 Å². The van der Waals surface area contributed by atoms with Crippen LogP contribution in [0.1, 0.15) is 16.8 Å². The zero-order valence-corrected chi connectivity index (χ0v) is 10.3. The second-order valence-corrected chi connectivity index (χ2v) is 4.68. The Kier molecular flexibility index (Phi) is 2.87. The van der Waals surface area contributed by atoms with E-state index in [1.54, 1.807) is 18.2 Å². The van der Waals surface area contributed by atoms with Crippen LogP contribution in [0.5, 0.6) is 0 Å². The number of hydrogen-bond acceptors (Lipinski definition) is 4. The molecule has 2 aliphatic heterocycles. The van der Waals surface area contributed by atoms with Gasteiger partial charge in [0.2, 0.25) is 5.91 Å². The molecular weight excluding hydrogens is 248 g/mol. The SMILES string of the molecule is O=C1CC2COCCN2c2c(cccc2C(=O)O)N1. The van der Waals surface area contributed by atoms with Crippen molar-refractivity contribution in [1.82, 2.24) is 0 Å². The minimum Gasteiger partial charge on any atom is -0.478 e. The first kappa shape index (κ1) is 12.0. The van der Waals surface area contributed by atoms with E-state index in [1.165, 1.54) is 0 Å². The number of amides is 1. The lowest BCUT2D eigenvalue weighted by molar-refractivity contribution is -0.116. The molecule has 1 unspecified atom stereocenters. The Hall–Kier alpha value is -2.08. The van der Waals surface area contributed by atoms with Crippen LogP contribution in [-0.2, 0) is 9.53 Å². The molecule has 1 amide bonds. The third kappa shape index (κ3) is 2.04. The van der Waals surface area contributed by atoms with Crippen LogP contribution in [0.2, 0.25) is 0 Å². The Labute approximate surface area is 110 Å². The molecule has 3 rings (SSSR count). The zero-order valence-electron chi connectivity index (χ0n) is 10.3. The highest BCUT2D eigenvalue weighted by molar-refractivity contribution is 6.04. The summed E-state index contributed by atoms with van der Waals surface area (Å²) in [6, 6.07) is 4.84. The van der Waals surface area contributed by atoms with E-state index in [-0.39, 0.29) is 17.5 Å². The minimum atomic E-state index is -0.988. The monoisotopic (exact) mass is 262 g/mol. The summed E-state index contributed by atoms with van der Waals surface area (Å²) in [6.07, 6.45) is 0.313. The summed E-state index contributed by atoms with van der Waals surface area (Å²) >= 11 is 0. The van der Waals surface area contributed by atoms with Crippen LogP contribution < -0.4 is 10.2 Å². The number of para-hydroxylation sites is 1. The number of nitrogens with one attached hydrogen (secondary N) is 1. The number of fused-ring (bicyclic) bond motifs is 3. The number of hydrogen-bond donors (Lipinski definition) is 2. The molecule has 1 aromatic rings. The van der Waals surface area contributed by atoms with Crippen molar-refractivity contribution in [3.8, 4) is 0 Å². The maximum absolute atomic E-state index is 11.8. The van der Waals surface area contributed by atoms with Gasteiger partial charge in [-0.05, 0) is 12.1 Å². The van der Waals surface area contributed by atoms with Crippen molar-refractivity contribution in [1.29, 1.82) is 0 Å². The lowest BCUT2D eigenvalue weighted by Gasteiger charge is -2.36. The molecule has 2 aliphatic rings. The number of carbonyl (C=O) groups is 2. The molecule has 1 aromatic carbocycles. The molecule has 2 heterocycles. The molecule has 19 heavy (non-hydrogen) atoms. The topological polar surface area (TPSA) is 78.9 Å². The fourth-order valence-corrected chi connectivity index (χ4v) is 2.66. The largest absolute Gasteiger partial charge is 0.478 e. The maximum Gasteiger partial charge on any atom is 0.337 e. The number of benzene rings is 1. The van der Waals surface area contributed by atoms with Crippen LogP contribution in [0.4, 0.5) is 11.4 Å². The van der Waals surface area contributed by atoms with Crippen molar-refractivity contribution < 1.29 is 19.4 Å². The number of morpholine rings is 1. The molecule has 100 valence electrons. The molecule has 1 fully saturated rings. The van der Waals surface area contributed by atoms with E-state index in [1.807, 2.05) is 4.90 Å². The van der Waals surface area contributed by atoms with Gasteiger partial charge in [0, 0.05) is 13.0 Å². The van der Waals surface area contributed by atoms with Gasteiger partial charge in [-0.3, -0.25) is 4.79 Å². The molecule has 6 heteroatoms. The van der Waals surface area contributed by atoms with Crippen molar-refractivity contribution in [2.24, 2.45) is 0 Å². The summed E-state index contributed by atoms with van der Waals surface area (Å²) in [7, 11) is 0. The number of carbonyl (C=O) groups excluding carboxylic acids is 1. The first-order valence-electron chi connectivity index (χ1n) is 6.17. The van der Waals surface area contributed by atoms with E-state index in [4.69, 9.17) is 4.74 Å². The highest BCUT2D eigenvalue weighted by Gasteiger charge is 2.33. The number of carboxylic acid groups (broad SMARTS) is 1. The van der Waals surface area contributed by atoms with E-state index in [9.17, 15) is 14.7 Å². The highest BCUT2D eigenvalue weighted by atomic mass is 16.5. The molecule has 0 aromatic heterocycles. The third-order valence-corrected chi connectivity index (χ3v) is 3.48. The van der Waals surface area contributed by atoms with Gasteiger partial charge < -0.3 is 20.1 Å². The first-order chi connectivity index (χ1) is 9.16. The molecule has 0 aliphatic carbocycles. The molecule has 2 N–H and O–H groups in total. The van der Waals surface area contributed by atoms with Crippen LogP contribution >= 0.6 is 0 Å². The molecule has 0 saturated carbocycles. The zero-order chi connectivity index (χ0) is 13.4. The van der Waals surface area contributed by atoms with Gasteiger partial charge in [-0.1, -0.05) is 6.07 Å². The second kappa shape index (κ2) is 4.55. The van der Waals surface area contributed by atoms with Gasteiger partial charge in [-0.2, -0.15) is 0 Å². The number of anilines is 2. The first-order valence-corrected chi connectivity index (χ1v) is 6.17. The summed E-state index contributed by atoms with van der Waals surface area (Å²) < 4.78 is 5.39. The van der Waals surface area contributed by atoms with Crippen LogP contribution in [0, 0.1) is 0 Å². The maximum atomic E-state index is 11.8. The van der Waals surface area contributed by atoms with Gasteiger partial charge in [0.05, 0.1) is 36.2 Å². The number of aromatic carboxylic acids is 1. The minimum absolute atomic E-state index is 0.101. The number of nitrogens with zero attached hydrogens (tertiary/aromatic N) is 1. The summed E-state index contributed by atoms with van der Waals surface area (Å²) in [4.78, 5) is 25.2. The summed E-state index contributed by atoms with van der Waals surface area (Å²) in [6.45, 7) is 1.58. The van der Waals surface area contributed by atoms with Gasteiger partial charge >= 0.3 is 5.97 Å². The van der Waals surface area contributed by atoms with E-state index >= 15 is 0 Å². The Morgan fingerprint density at radius 1 is 1.47 bits per heavy atom. The molecule has 1 atom stereocenters. The quantitative estimate of drug-likeness (QED) is 0.787. The van der Waals surface area contributed by atoms with E-state index in [0.717, 1.165) is 0 Å². The standard InChI is InChI=1S/C13H14N2O4/c16-11-6-8-7-19-5-4-15(8)12-9(13(17)18)2-1-3-10(12)14-11/h1-3,8H,4-7H2,(H,14,16)(H,17,18). The average molecular weight is 262 g/mol. The Morgan fingerprint density at radius 2 is 2.32 bits per heavy atom. The van der Waals surface area contributed by atoms with Crippen molar-refractivity contribution in [3.63, 3.8) is 0 Å². The predicted octanol–water partition coefficient (Wildman–Crippen LogP) is 0.932. The molecule has 6 nitrogen and oxygen atoms in total. The van der Waals surface area contributed by atoms with Crippen molar-refractivity contribution in [2.75, 3.05) is 30.0 Å². The van der Waals surface area contributed by atoms with E-state index in [0.29, 0.717) is 37.6 Å². The van der Waals surface area contributed by atoms with Crippen LogP contribution in [0.25, 0.3) is 0 Å². The Bertz CT molecular complexity index is 543. The van der Waals surface area contributed by atoms with Gasteiger partial charge in [0.25, 0.3) is 0 Å². The van der Waals surface area contributed by atoms with E-state index in [2.05, 4.69) is 5.32 Å². The van der Waals surface area contributed by atoms with Gasteiger partial charge in [0.1, 0.15) is 0 Å². The molecule has 0 spiro atoms. The fraction of sp³-hybridized carbons (Fsp3) is 0.385. The number of rotatable bonds is 1. The summed E-state index contributed by atoms with van der Waals surface area (Å²) in [5, 5.41) is 12.1. The third-order valence-electron chi connectivity index (χ3n) is 3.48. The summed E-state index contributed by atoms with van der Waals surface area (Å²) in [5.74, 6) is -1.10. The lowest BCUT2D eigenvalue weighted by atomic mass is 10.1. The Balaban J connectivity index is 2.15. The smallest absolute Gasteiger partial charge is 0.337 e. The van der Waals surface area contributed by atoms with Crippen molar-refractivity contribution >= 4 is 23.3 Å². The summed E-state index contributed by atoms with van der Waals surface area (Å²) in [5.41, 5.74) is 1.37. The predicted molar refractivity (Wildman–Crippen MR) is 68.6 cm³/mol. The number of ether oxygens (including phenoxy) is 1. The van der Waals surface area contributed by atoms with Crippen LogP contribution in [0.15, 0.2) is 18.2 Å². The molecular formula is C13H14N2O4.